The van der Waals surface area contributed by atoms with Gasteiger partial charge in [0.2, 0.25) is 0 Å². The Morgan fingerprint density at radius 1 is 1.21 bits per heavy atom. The van der Waals surface area contributed by atoms with Gasteiger partial charge >= 0.3 is 12.1 Å². The number of hydrogen-bond acceptors (Lipinski definition) is 4. The topological polar surface area (TPSA) is 75.5 Å². The summed E-state index contributed by atoms with van der Waals surface area (Å²) in [5.41, 5.74) is 4.33. The van der Waals surface area contributed by atoms with E-state index >= 15 is 0 Å². The highest BCUT2D eigenvalue weighted by Gasteiger charge is 2.30. The van der Waals surface area contributed by atoms with Crippen molar-refractivity contribution >= 4 is 23.2 Å². The van der Waals surface area contributed by atoms with Gasteiger partial charge in [0.15, 0.2) is 10.9 Å². The highest BCUT2D eigenvalue weighted by atomic mass is 32.1. The van der Waals surface area contributed by atoms with Crippen LogP contribution in [0.3, 0.4) is 0 Å². The number of carbonyl (C=O) groups excluding carboxylic acids is 1. The number of ether oxygens (including phenoxy) is 1. The predicted octanol–water partition coefficient (Wildman–Crippen LogP) is 3.25. The lowest BCUT2D eigenvalue weighted by molar-refractivity contribution is -0.137. The molecule has 1 amide bonds. The summed E-state index contributed by atoms with van der Waals surface area (Å²) in [6, 6.07) is 7.48. The Morgan fingerprint density at radius 3 is 2.75 bits per heavy atom. The van der Waals surface area contributed by atoms with Crippen molar-refractivity contribution in [3.8, 4) is 11.3 Å². The number of hydrogen-bond donors (Lipinski definition) is 3. The summed E-state index contributed by atoms with van der Waals surface area (Å²) in [7, 11) is 0. The first-order valence-electron chi connectivity index (χ1n) is 8.56. The third-order valence-electron chi connectivity index (χ3n) is 4.11. The number of alkyl halides is 3. The van der Waals surface area contributed by atoms with Crippen molar-refractivity contribution in [2.24, 2.45) is 0 Å². The van der Waals surface area contributed by atoms with Gasteiger partial charge in [-0.1, -0.05) is 12.1 Å². The number of hydrazine groups is 1. The van der Waals surface area contributed by atoms with Crippen LogP contribution in [0.25, 0.3) is 11.3 Å². The average Bonchev–Trinajstić information content (AvgIpc) is 3.35. The van der Waals surface area contributed by atoms with Gasteiger partial charge in [-0.15, -0.1) is 0 Å². The molecule has 10 heteroatoms. The number of thiocarbonyl (C=S) groups is 1. The number of halogens is 3. The number of carbonyl (C=O) groups is 1. The number of furan rings is 1. The minimum atomic E-state index is -4.46. The number of benzene rings is 1. The predicted molar refractivity (Wildman–Crippen MR) is 99.3 cm³/mol. The second-order valence-corrected chi connectivity index (χ2v) is 6.57. The van der Waals surface area contributed by atoms with Crippen molar-refractivity contribution in [2.45, 2.75) is 25.1 Å². The van der Waals surface area contributed by atoms with Gasteiger partial charge in [0.25, 0.3) is 0 Å². The number of nitrogens with one attached hydrogen (secondary N) is 3. The van der Waals surface area contributed by atoms with Crippen molar-refractivity contribution in [1.29, 1.82) is 0 Å². The van der Waals surface area contributed by atoms with Crippen molar-refractivity contribution in [3.05, 3.63) is 47.7 Å². The zero-order valence-corrected chi connectivity index (χ0v) is 15.5. The van der Waals surface area contributed by atoms with E-state index < -0.39 is 17.6 Å². The van der Waals surface area contributed by atoms with Crippen LogP contribution in [0.15, 0.2) is 40.8 Å². The average molecular weight is 413 g/mol. The first-order valence-corrected chi connectivity index (χ1v) is 8.97. The standard InChI is InChI=1S/C18H18F3N3O3S/c19-18(20,21)12-4-1-3-11(9-12)14-6-7-15(27-14)16(25)23-24-17(28)22-10-13-5-2-8-26-13/h1,3-4,6-7,9,13H,2,5,8,10H2,(H,23,25)(H2,22,24,28). The molecule has 1 aromatic heterocycles. The van der Waals surface area contributed by atoms with Gasteiger partial charge in [0.05, 0.1) is 11.7 Å². The summed E-state index contributed by atoms with van der Waals surface area (Å²) in [6.45, 7) is 1.26. The van der Waals surface area contributed by atoms with Crippen LogP contribution in [-0.2, 0) is 10.9 Å². The van der Waals surface area contributed by atoms with Crippen molar-refractivity contribution in [1.82, 2.24) is 16.2 Å². The fourth-order valence-electron chi connectivity index (χ4n) is 2.70. The molecule has 1 atom stereocenters. The molecule has 0 bridgehead atoms. The molecule has 0 saturated carbocycles. The van der Waals surface area contributed by atoms with Crippen molar-refractivity contribution in [2.75, 3.05) is 13.2 Å². The maximum Gasteiger partial charge on any atom is 0.416 e. The first-order chi connectivity index (χ1) is 13.3. The maximum absolute atomic E-state index is 12.8. The second-order valence-electron chi connectivity index (χ2n) is 6.17. The van der Waals surface area contributed by atoms with Gasteiger partial charge in [-0.25, -0.2) is 0 Å². The molecule has 3 N–H and O–H groups in total. The molecule has 6 nitrogen and oxygen atoms in total. The lowest BCUT2D eigenvalue weighted by Crippen LogP contribution is -2.48. The highest BCUT2D eigenvalue weighted by molar-refractivity contribution is 7.80. The molecule has 2 aromatic rings. The van der Waals surface area contributed by atoms with Crippen molar-refractivity contribution in [3.63, 3.8) is 0 Å². The van der Waals surface area contributed by atoms with Crippen molar-refractivity contribution < 1.29 is 27.1 Å². The fourth-order valence-corrected chi connectivity index (χ4v) is 2.83. The van der Waals surface area contributed by atoms with E-state index in [1.54, 1.807) is 0 Å². The van der Waals surface area contributed by atoms with Crippen LogP contribution in [0.1, 0.15) is 29.0 Å². The molecule has 0 radical (unpaired) electrons. The number of rotatable bonds is 4. The molecule has 1 unspecified atom stereocenters. The van der Waals surface area contributed by atoms with Gasteiger partial charge in [-0.2, -0.15) is 13.2 Å². The molecule has 3 rings (SSSR count). The second kappa shape index (κ2) is 8.61. The Balaban J connectivity index is 1.54. The molecular weight excluding hydrogens is 395 g/mol. The molecule has 0 aliphatic carbocycles. The van der Waals surface area contributed by atoms with E-state index in [0.717, 1.165) is 31.6 Å². The monoisotopic (exact) mass is 413 g/mol. The SMILES string of the molecule is O=C(NNC(=S)NCC1CCCO1)c1ccc(-c2cccc(C(F)(F)F)c2)o1. The van der Waals surface area contributed by atoms with Crippen LogP contribution in [0.5, 0.6) is 0 Å². The third-order valence-corrected chi connectivity index (χ3v) is 4.35. The van der Waals surface area contributed by atoms with Crippen LogP contribution in [0.4, 0.5) is 13.2 Å². The van der Waals surface area contributed by atoms with Crippen LogP contribution in [0.2, 0.25) is 0 Å². The Kier molecular flexibility index (Phi) is 6.20. The van der Waals surface area contributed by atoms with E-state index in [1.165, 1.54) is 24.3 Å². The Hall–Kier alpha value is -2.59. The Morgan fingerprint density at radius 2 is 2.04 bits per heavy atom. The highest BCUT2D eigenvalue weighted by Crippen LogP contribution is 2.32. The van der Waals surface area contributed by atoms with E-state index in [9.17, 15) is 18.0 Å². The van der Waals surface area contributed by atoms with Gasteiger partial charge < -0.3 is 14.5 Å². The summed E-state index contributed by atoms with van der Waals surface area (Å²) < 4.78 is 49.3. The molecule has 1 saturated heterocycles. The largest absolute Gasteiger partial charge is 0.451 e. The zero-order chi connectivity index (χ0) is 20.1. The lowest BCUT2D eigenvalue weighted by atomic mass is 10.1. The van der Waals surface area contributed by atoms with E-state index in [1.807, 2.05) is 0 Å². The Bertz CT molecular complexity index is 848. The molecule has 0 spiro atoms. The van der Waals surface area contributed by atoms with E-state index in [-0.39, 0.29) is 28.3 Å². The van der Waals surface area contributed by atoms with Crippen LogP contribution in [0, 0.1) is 0 Å². The molecule has 150 valence electrons. The van der Waals surface area contributed by atoms with Crippen LogP contribution in [-0.4, -0.2) is 30.3 Å². The van der Waals surface area contributed by atoms with E-state index in [2.05, 4.69) is 16.2 Å². The normalized spacial score (nSPS) is 16.6. The van der Waals surface area contributed by atoms with E-state index in [0.29, 0.717) is 6.54 Å². The number of amides is 1. The lowest BCUT2D eigenvalue weighted by Gasteiger charge is -2.14. The van der Waals surface area contributed by atoms with Crippen LogP contribution < -0.4 is 16.2 Å². The summed E-state index contributed by atoms with van der Waals surface area (Å²) in [5, 5.41) is 3.14. The third kappa shape index (κ3) is 5.23. The minimum absolute atomic E-state index is 0.0677. The first kappa shape index (κ1) is 20.2. The molecule has 1 aromatic carbocycles. The smallest absolute Gasteiger partial charge is 0.416 e. The van der Waals surface area contributed by atoms with E-state index in [4.69, 9.17) is 21.4 Å². The fraction of sp³-hybridized carbons (Fsp3) is 0.333. The minimum Gasteiger partial charge on any atom is -0.451 e. The summed E-state index contributed by atoms with van der Waals surface area (Å²) >= 11 is 5.06. The quantitative estimate of drug-likeness (QED) is 0.528. The van der Waals surface area contributed by atoms with Gasteiger partial charge in [0.1, 0.15) is 5.76 Å². The van der Waals surface area contributed by atoms with Gasteiger partial charge in [-0.3, -0.25) is 15.6 Å². The van der Waals surface area contributed by atoms with Gasteiger partial charge in [-0.05, 0) is 49.3 Å². The molecule has 1 fully saturated rings. The molecule has 1 aliphatic heterocycles. The molecule has 2 heterocycles. The zero-order valence-electron chi connectivity index (χ0n) is 14.6. The molecule has 1 aliphatic rings. The molecular formula is C18H18F3N3O3S. The Labute approximate surface area is 164 Å². The summed E-state index contributed by atoms with van der Waals surface area (Å²) in [5.74, 6) is -0.531. The van der Waals surface area contributed by atoms with Gasteiger partial charge in [0, 0.05) is 18.7 Å². The van der Waals surface area contributed by atoms with Crippen LogP contribution >= 0.6 is 12.2 Å². The maximum atomic E-state index is 12.8. The summed E-state index contributed by atoms with van der Waals surface area (Å²) in [6.07, 6.45) is -2.41. The molecule has 28 heavy (non-hydrogen) atoms. The summed E-state index contributed by atoms with van der Waals surface area (Å²) in [4.78, 5) is 12.1.